The van der Waals surface area contributed by atoms with Gasteiger partial charge in [0.05, 0.1) is 4.47 Å². The van der Waals surface area contributed by atoms with Crippen LogP contribution in [0.3, 0.4) is 0 Å². The molecule has 4 nitrogen and oxygen atoms in total. The highest BCUT2D eigenvalue weighted by Crippen LogP contribution is 2.33. The quantitative estimate of drug-likeness (QED) is 0.849. The SMILES string of the molecule is CNC(c1cccc(Br)c1F)C1CCN(C(=O)OC(C)(C)C)C1. The van der Waals surface area contributed by atoms with Gasteiger partial charge >= 0.3 is 6.09 Å². The third-order valence-corrected chi connectivity index (χ3v) is 4.59. The second kappa shape index (κ2) is 7.18. The molecule has 2 rings (SSSR count). The number of ether oxygens (including phenoxy) is 1. The molecule has 1 heterocycles. The Balaban J connectivity index is 2.10. The number of carbonyl (C=O) groups excluding carboxylic acids is 1. The van der Waals surface area contributed by atoms with Crippen molar-refractivity contribution in [3.8, 4) is 0 Å². The lowest BCUT2D eigenvalue weighted by atomic mass is 9.92. The highest BCUT2D eigenvalue weighted by atomic mass is 79.9. The average molecular weight is 387 g/mol. The number of rotatable bonds is 3. The molecule has 2 atom stereocenters. The van der Waals surface area contributed by atoms with Crippen molar-refractivity contribution in [3.63, 3.8) is 0 Å². The van der Waals surface area contributed by atoms with Crippen molar-refractivity contribution in [1.82, 2.24) is 10.2 Å². The molecule has 1 saturated heterocycles. The van der Waals surface area contributed by atoms with E-state index in [1.165, 1.54) is 0 Å². The molecule has 1 aliphatic rings. The van der Waals surface area contributed by atoms with Crippen LogP contribution in [0.4, 0.5) is 9.18 Å². The molecule has 6 heteroatoms. The summed E-state index contributed by atoms with van der Waals surface area (Å²) >= 11 is 3.23. The molecule has 0 aromatic heterocycles. The van der Waals surface area contributed by atoms with Gasteiger partial charge in [0.1, 0.15) is 11.4 Å². The lowest BCUT2D eigenvalue weighted by Gasteiger charge is -2.26. The molecule has 2 unspecified atom stereocenters. The third-order valence-electron chi connectivity index (χ3n) is 3.98. The van der Waals surface area contributed by atoms with Crippen LogP contribution in [0.25, 0.3) is 0 Å². The summed E-state index contributed by atoms with van der Waals surface area (Å²) in [4.78, 5) is 13.9. The lowest BCUT2D eigenvalue weighted by molar-refractivity contribution is 0.0285. The molecule has 1 fully saturated rings. The standard InChI is InChI=1S/C17H24BrFN2O2/c1-17(2,3)23-16(22)21-9-8-11(10-21)15(20-4)12-6-5-7-13(18)14(12)19/h5-7,11,15,20H,8-10H2,1-4H3. The first-order valence-corrected chi connectivity index (χ1v) is 8.61. The molecule has 128 valence electrons. The normalized spacial score (nSPS) is 19.7. The van der Waals surface area contributed by atoms with Crippen LogP contribution < -0.4 is 5.32 Å². The van der Waals surface area contributed by atoms with Gasteiger partial charge in [0.15, 0.2) is 0 Å². The Morgan fingerprint density at radius 2 is 2.17 bits per heavy atom. The molecule has 0 radical (unpaired) electrons. The fraction of sp³-hybridized carbons (Fsp3) is 0.588. The first-order valence-electron chi connectivity index (χ1n) is 7.82. The molecule has 0 saturated carbocycles. The summed E-state index contributed by atoms with van der Waals surface area (Å²) < 4.78 is 20.3. The van der Waals surface area contributed by atoms with Crippen molar-refractivity contribution in [1.29, 1.82) is 0 Å². The number of likely N-dealkylation sites (tertiary alicyclic amines) is 1. The van der Waals surface area contributed by atoms with Gasteiger partial charge in [0, 0.05) is 24.7 Å². The zero-order valence-electron chi connectivity index (χ0n) is 14.0. The lowest BCUT2D eigenvalue weighted by Crippen LogP contribution is -2.36. The van der Waals surface area contributed by atoms with Crippen LogP contribution in [-0.2, 0) is 4.74 Å². The number of nitrogens with one attached hydrogen (secondary N) is 1. The van der Waals surface area contributed by atoms with Gasteiger partial charge in [-0.15, -0.1) is 0 Å². The number of hydrogen-bond acceptors (Lipinski definition) is 3. The van der Waals surface area contributed by atoms with E-state index in [2.05, 4.69) is 21.2 Å². The summed E-state index contributed by atoms with van der Waals surface area (Å²) in [7, 11) is 1.82. The zero-order valence-corrected chi connectivity index (χ0v) is 15.6. The first kappa shape index (κ1) is 18.2. The second-order valence-corrected chi connectivity index (χ2v) is 7.74. The zero-order chi connectivity index (χ0) is 17.2. The number of hydrogen-bond donors (Lipinski definition) is 1. The Kier molecular flexibility index (Phi) is 5.68. The van der Waals surface area contributed by atoms with E-state index < -0.39 is 5.60 Å². The van der Waals surface area contributed by atoms with Gasteiger partial charge in [0.2, 0.25) is 0 Å². The van der Waals surface area contributed by atoms with Crippen molar-refractivity contribution < 1.29 is 13.9 Å². The van der Waals surface area contributed by atoms with Crippen LogP contribution >= 0.6 is 15.9 Å². The van der Waals surface area contributed by atoms with Crippen LogP contribution in [0, 0.1) is 11.7 Å². The van der Waals surface area contributed by atoms with E-state index in [0.29, 0.717) is 23.1 Å². The predicted molar refractivity (Wildman–Crippen MR) is 91.8 cm³/mol. The Morgan fingerprint density at radius 3 is 2.78 bits per heavy atom. The maximum absolute atomic E-state index is 14.4. The van der Waals surface area contributed by atoms with Crippen molar-refractivity contribution in [3.05, 3.63) is 34.1 Å². The topological polar surface area (TPSA) is 41.6 Å². The molecule has 1 N–H and O–H groups in total. The molecular formula is C17H24BrFN2O2. The second-order valence-electron chi connectivity index (χ2n) is 6.88. The molecule has 1 aromatic carbocycles. The highest BCUT2D eigenvalue weighted by molar-refractivity contribution is 9.10. The van der Waals surface area contributed by atoms with E-state index >= 15 is 0 Å². The molecule has 1 amide bonds. The Bertz CT molecular complexity index is 574. The Labute approximate surface area is 145 Å². The maximum atomic E-state index is 14.4. The average Bonchev–Trinajstić information content (AvgIpc) is 2.92. The third kappa shape index (κ3) is 4.44. The van der Waals surface area contributed by atoms with E-state index in [0.717, 1.165) is 6.42 Å². The summed E-state index contributed by atoms with van der Waals surface area (Å²) in [6.45, 7) is 6.75. The number of carbonyl (C=O) groups is 1. The first-order chi connectivity index (χ1) is 10.7. The van der Waals surface area contributed by atoms with Gasteiger partial charge < -0.3 is 15.0 Å². The summed E-state index contributed by atoms with van der Waals surface area (Å²) in [5.74, 6) is -0.0983. The Morgan fingerprint density at radius 1 is 1.48 bits per heavy atom. The van der Waals surface area contributed by atoms with Crippen LogP contribution in [0.15, 0.2) is 22.7 Å². The van der Waals surface area contributed by atoms with Crippen molar-refractivity contribution in [2.45, 2.75) is 38.8 Å². The van der Waals surface area contributed by atoms with Crippen LogP contribution in [0.1, 0.15) is 38.8 Å². The fourth-order valence-corrected chi connectivity index (χ4v) is 3.34. The van der Waals surface area contributed by atoms with Crippen molar-refractivity contribution >= 4 is 22.0 Å². The van der Waals surface area contributed by atoms with E-state index in [1.54, 1.807) is 17.0 Å². The summed E-state index contributed by atoms with van der Waals surface area (Å²) in [5.41, 5.74) is 0.117. The van der Waals surface area contributed by atoms with E-state index in [9.17, 15) is 9.18 Å². The van der Waals surface area contributed by atoms with Gasteiger partial charge in [-0.1, -0.05) is 12.1 Å². The predicted octanol–water partition coefficient (Wildman–Crippen LogP) is 4.11. The molecule has 0 spiro atoms. The molecule has 23 heavy (non-hydrogen) atoms. The molecule has 1 aromatic rings. The molecule has 0 aliphatic carbocycles. The monoisotopic (exact) mass is 386 g/mol. The van der Waals surface area contributed by atoms with Gasteiger partial charge in [-0.2, -0.15) is 0 Å². The van der Waals surface area contributed by atoms with Crippen LogP contribution in [0.2, 0.25) is 0 Å². The number of benzene rings is 1. The minimum Gasteiger partial charge on any atom is -0.444 e. The summed E-state index contributed by atoms with van der Waals surface area (Å²) in [6.07, 6.45) is 0.515. The van der Waals surface area contributed by atoms with E-state index in [-0.39, 0.29) is 23.9 Å². The smallest absolute Gasteiger partial charge is 0.410 e. The fourth-order valence-electron chi connectivity index (χ4n) is 2.96. The van der Waals surface area contributed by atoms with Gasteiger partial charge in [-0.05, 0) is 62.2 Å². The molecule has 0 bridgehead atoms. The number of amides is 1. The van der Waals surface area contributed by atoms with Crippen LogP contribution in [0.5, 0.6) is 0 Å². The molecular weight excluding hydrogens is 363 g/mol. The number of halogens is 2. The largest absolute Gasteiger partial charge is 0.444 e. The minimum absolute atomic E-state index is 0.139. The van der Waals surface area contributed by atoms with Crippen LogP contribution in [-0.4, -0.2) is 36.7 Å². The van der Waals surface area contributed by atoms with E-state index in [1.807, 2.05) is 33.9 Å². The van der Waals surface area contributed by atoms with Gasteiger partial charge in [0.25, 0.3) is 0 Å². The van der Waals surface area contributed by atoms with E-state index in [4.69, 9.17) is 4.74 Å². The molecule has 1 aliphatic heterocycles. The summed E-state index contributed by atoms with van der Waals surface area (Å²) in [6, 6.07) is 5.16. The van der Waals surface area contributed by atoms with Gasteiger partial charge in [-0.3, -0.25) is 0 Å². The maximum Gasteiger partial charge on any atom is 0.410 e. The Hall–Kier alpha value is -1.14. The highest BCUT2D eigenvalue weighted by Gasteiger charge is 2.35. The summed E-state index contributed by atoms with van der Waals surface area (Å²) in [5, 5.41) is 3.20. The van der Waals surface area contributed by atoms with Crippen molar-refractivity contribution in [2.24, 2.45) is 5.92 Å². The number of nitrogens with zero attached hydrogens (tertiary/aromatic N) is 1. The van der Waals surface area contributed by atoms with Gasteiger partial charge in [-0.25, -0.2) is 9.18 Å². The van der Waals surface area contributed by atoms with Crippen molar-refractivity contribution in [2.75, 3.05) is 20.1 Å². The minimum atomic E-state index is -0.506.